The van der Waals surface area contributed by atoms with Crippen LogP contribution in [0.2, 0.25) is 0 Å². The number of sulfonamides is 1. The van der Waals surface area contributed by atoms with E-state index < -0.39 is 21.4 Å². The SMILES string of the molecule is CCC(C)(CNS(=O)(=O)c1sccc1Br)C(=O)O. The van der Waals surface area contributed by atoms with E-state index in [2.05, 4.69) is 20.7 Å². The van der Waals surface area contributed by atoms with Gasteiger partial charge in [-0.3, -0.25) is 4.79 Å². The average molecular weight is 356 g/mol. The van der Waals surface area contributed by atoms with Gasteiger partial charge < -0.3 is 5.11 Å². The fraction of sp³-hybridized carbons (Fsp3) is 0.500. The molecule has 102 valence electrons. The van der Waals surface area contributed by atoms with Crippen LogP contribution in [0.3, 0.4) is 0 Å². The minimum atomic E-state index is -3.67. The summed E-state index contributed by atoms with van der Waals surface area (Å²) in [7, 11) is -3.67. The fourth-order valence-corrected chi connectivity index (χ4v) is 4.69. The van der Waals surface area contributed by atoms with Crippen molar-refractivity contribution in [2.45, 2.75) is 24.5 Å². The Bertz CT molecular complexity index is 540. The van der Waals surface area contributed by atoms with Crippen LogP contribution in [0.5, 0.6) is 0 Å². The second-order valence-electron chi connectivity index (χ2n) is 4.10. The molecule has 0 fully saturated rings. The van der Waals surface area contributed by atoms with Gasteiger partial charge in [-0.25, -0.2) is 13.1 Å². The lowest BCUT2D eigenvalue weighted by Gasteiger charge is -2.22. The number of aliphatic carboxylic acids is 1. The van der Waals surface area contributed by atoms with Gasteiger partial charge in [0.15, 0.2) is 0 Å². The zero-order valence-electron chi connectivity index (χ0n) is 9.94. The summed E-state index contributed by atoms with van der Waals surface area (Å²) in [5.41, 5.74) is -1.10. The number of carboxylic acids is 1. The maximum Gasteiger partial charge on any atom is 0.310 e. The van der Waals surface area contributed by atoms with E-state index in [1.54, 1.807) is 18.4 Å². The highest BCUT2D eigenvalue weighted by atomic mass is 79.9. The molecule has 1 unspecified atom stereocenters. The lowest BCUT2D eigenvalue weighted by Crippen LogP contribution is -2.40. The molecule has 0 amide bonds. The largest absolute Gasteiger partial charge is 0.481 e. The predicted octanol–water partition coefficient (Wildman–Crippen LogP) is 2.29. The summed E-state index contributed by atoms with van der Waals surface area (Å²) in [4.78, 5) is 11.1. The van der Waals surface area contributed by atoms with E-state index in [1.165, 1.54) is 6.92 Å². The predicted molar refractivity (Wildman–Crippen MR) is 73.2 cm³/mol. The van der Waals surface area contributed by atoms with Crippen LogP contribution in [0.15, 0.2) is 20.1 Å². The average Bonchev–Trinajstić information content (AvgIpc) is 2.73. The molecule has 0 bridgehead atoms. The van der Waals surface area contributed by atoms with Gasteiger partial charge in [0.2, 0.25) is 0 Å². The molecule has 0 radical (unpaired) electrons. The lowest BCUT2D eigenvalue weighted by atomic mass is 9.88. The second kappa shape index (κ2) is 5.68. The summed E-state index contributed by atoms with van der Waals surface area (Å²) in [5.74, 6) is -1.02. The van der Waals surface area contributed by atoms with Gasteiger partial charge in [-0.2, -0.15) is 0 Å². The van der Waals surface area contributed by atoms with Gasteiger partial charge in [-0.15, -0.1) is 11.3 Å². The number of rotatable bonds is 6. The highest BCUT2D eigenvalue weighted by Crippen LogP contribution is 2.28. The van der Waals surface area contributed by atoms with Crippen molar-refractivity contribution in [3.63, 3.8) is 0 Å². The van der Waals surface area contributed by atoms with Gasteiger partial charge >= 0.3 is 5.97 Å². The standard InChI is InChI=1S/C10H14BrNO4S2/c1-3-10(2,9(13)14)6-12-18(15,16)8-7(11)4-5-17-8/h4-5,12H,3,6H2,1-2H3,(H,13,14). The third-order valence-corrected chi connectivity index (χ3v) is 6.85. The number of nitrogens with one attached hydrogen (secondary N) is 1. The Morgan fingerprint density at radius 2 is 2.22 bits per heavy atom. The number of carboxylic acid groups (broad SMARTS) is 1. The van der Waals surface area contributed by atoms with E-state index in [-0.39, 0.29) is 10.8 Å². The molecule has 0 aromatic carbocycles. The highest BCUT2D eigenvalue weighted by molar-refractivity contribution is 9.10. The molecule has 2 N–H and O–H groups in total. The van der Waals surface area contributed by atoms with Crippen LogP contribution in [-0.4, -0.2) is 26.0 Å². The molecular weight excluding hydrogens is 342 g/mol. The Morgan fingerprint density at radius 1 is 1.61 bits per heavy atom. The van der Waals surface area contributed by atoms with Crippen molar-refractivity contribution in [3.05, 3.63) is 15.9 Å². The van der Waals surface area contributed by atoms with Crippen molar-refractivity contribution in [2.24, 2.45) is 5.41 Å². The van der Waals surface area contributed by atoms with Crippen LogP contribution >= 0.6 is 27.3 Å². The molecular formula is C10H14BrNO4S2. The van der Waals surface area contributed by atoms with Crippen molar-refractivity contribution in [1.82, 2.24) is 4.72 Å². The summed E-state index contributed by atoms with van der Waals surface area (Å²) in [6.45, 7) is 3.09. The van der Waals surface area contributed by atoms with E-state index in [0.29, 0.717) is 10.9 Å². The number of carbonyl (C=O) groups is 1. The van der Waals surface area contributed by atoms with Crippen LogP contribution in [-0.2, 0) is 14.8 Å². The van der Waals surface area contributed by atoms with Crippen LogP contribution in [0.4, 0.5) is 0 Å². The van der Waals surface area contributed by atoms with E-state index >= 15 is 0 Å². The zero-order valence-corrected chi connectivity index (χ0v) is 13.2. The molecule has 1 aromatic rings. The molecule has 0 aliphatic rings. The Labute approximate surface area is 118 Å². The first kappa shape index (κ1) is 15.6. The monoisotopic (exact) mass is 355 g/mol. The Morgan fingerprint density at radius 3 is 2.61 bits per heavy atom. The third kappa shape index (κ3) is 3.31. The quantitative estimate of drug-likeness (QED) is 0.819. The van der Waals surface area contributed by atoms with E-state index in [0.717, 1.165) is 11.3 Å². The molecule has 5 nitrogen and oxygen atoms in total. The normalized spacial score (nSPS) is 15.3. The van der Waals surface area contributed by atoms with Crippen LogP contribution in [0, 0.1) is 5.41 Å². The number of thiophene rings is 1. The van der Waals surface area contributed by atoms with Crippen molar-refractivity contribution in [3.8, 4) is 0 Å². The van der Waals surface area contributed by atoms with Gasteiger partial charge in [-0.05, 0) is 40.7 Å². The van der Waals surface area contributed by atoms with Gasteiger partial charge in [0, 0.05) is 11.0 Å². The van der Waals surface area contributed by atoms with Crippen LogP contribution in [0.25, 0.3) is 0 Å². The minimum Gasteiger partial charge on any atom is -0.481 e. The molecule has 0 aliphatic carbocycles. The van der Waals surface area contributed by atoms with Gasteiger partial charge in [-0.1, -0.05) is 6.92 Å². The molecule has 1 atom stereocenters. The molecule has 18 heavy (non-hydrogen) atoms. The molecule has 0 spiro atoms. The van der Waals surface area contributed by atoms with Gasteiger partial charge in [0.1, 0.15) is 4.21 Å². The van der Waals surface area contributed by atoms with Crippen molar-refractivity contribution in [1.29, 1.82) is 0 Å². The maximum absolute atomic E-state index is 12.0. The first-order chi connectivity index (χ1) is 8.23. The van der Waals surface area contributed by atoms with Crippen LogP contribution in [0.1, 0.15) is 20.3 Å². The molecule has 1 heterocycles. The number of hydrogen-bond donors (Lipinski definition) is 2. The number of hydrogen-bond acceptors (Lipinski definition) is 4. The fourth-order valence-electron chi connectivity index (χ4n) is 1.14. The lowest BCUT2D eigenvalue weighted by molar-refractivity contribution is -0.147. The first-order valence-electron chi connectivity index (χ1n) is 5.19. The van der Waals surface area contributed by atoms with E-state index in [9.17, 15) is 13.2 Å². The molecule has 0 saturated carbocycles. The summed E-state index contributed by atoms with van der Waals surface area (Å²) in [6.07, 6.45) is 0.344. The topological polar surface area (TPSA) is 83.5 Å². The van der Waals surface area contributed by atoms with E-state index in [1.807, 2.05) is 0 Å². The maximum atomic E-state index is 12.0. The summed E-state index contributed by atoms with van der Waals surface area (Å²) in [5, 5.41) is 10.7. The summed E-state index contributed by atoms with van der Waals surface area (Å²) >= 11 is 4.22. The molecule has 8 heteroatoms. The summed E-state index contributed by atoms with van der Waals surface area (Å²) < 4.78 is 26.9. The molecule has 0 aliphatic heterocycles. The Balaban J connectivity index is 2.87. The third-order valence-electron chi connectivity index (χ3n) is 2.78. The second-order valence-corrected chi connectivity index (χ2v) is 7.83. The smallest absolute Gasteiger partial charge is 0.310 e. The molecule has 1 rings (SSSR count). The Hall–Kier alpha value is -0.440. The van der Waals surface area contributed by atoms with Gasteiger partial charge in [0.25, 0.3) is 10.0 Å². The Kier molecular flexibility index (Phi) is 4.93. The highest BCUT2D eigenvalue weighted by Gasteiger charge is 2.33. The van der Waals surface area contributed by atoms with Crippen molar-refractivity contribution in [2.75, 3.05) is 6.54 Å². The summed E-state index contributed by atoms with van der Waals surface area (Å²) in [6, 6.07) is 1.63. The van der Waals surface area contributed by atoms with Gasteiger partial charge in [0.05, 0.1) is 5.41 Å². The number of halogens is 1. The first-order valence-corrected chi connectivity index (χ1v) is 8.34. The zero-order chi connectivity index (χ0) is 14.0. The van der Waals surface area contributed by atoms with Crippen molar-refractivity contribution < 1.29 is 18.3 Å². The molecule has 1 aromatic heterocycles. The minimum absolute atomic E-state index is 0.133. The van der Waals surface area contributed by atoms with Crippen molar-refractivity contribution >= 4 is 43.3 Å². The van der Waals surface area contributed by atoms with Crippen LogP contribution < -0.4 is 4.72 Å². The van der Waals surface area contributed by atoms with E-state index in [4.69, 9.17) is 5.11 Å². The molecule has 0 saturated heterocycles.